The molecule has 36 heavy (non-hydrogen) atoms. The minimum absolute atomic E-state index is 0.184. The van der Waals surface area contributed by atoms with Crippen molar-refractivity contribution in [2.45, 2.75) is 59.1 Å². The topological polar surface area (TPSA) is 111 Å². The van der Waals surface area contributed by atoms with Gasteiger partial charge in [-0.3, -0.25) is 0 Å². The lowest BCUT2D eigenvalue weighted by Gasteiger charge is -2.23. The fourth-order valence-electron chi connectivity index (χ4n) is 4.15. The number of alkyl carbamates (subject to hydrolysis) is 1. The summed E-state index contributed by atoms with van der Waals surface area (Å²) < 4.78 is 16.5. The highest BCUT2D eigenvalue weighted by atomic mass is 16.6. The van der Waals surface area contributed by atoms with Gasteiger partial charge in [-0.25, -0.2) is 14.4 Å². The first-order valence-corrected chi connectivity index (χ1v) is 11.9. The molecule has 0 spiro atoms. The van der Waals surface area contributed by atoms with Gasteiger partial charge in [0.05, 0.1) is 0 Å². The lowest BCUT2D eigenvalue weighted by Crippen LogP contribution is -2.46. The van der Waals surface area contributed by atoms with Gasteiger partial charge in [-0.05, 0) is 63.4 Å². The van der Waals surface area contributed by atoms with E-state index in [2.05, 4.69) is 10.3 Å². The van der Waals surface area contributed by atoms with Crippen molar-refractivity contribution >= 4 is 33.9 Å². The number of nitrogens with one attached hydrogen (secondary N) is 2. The van der Waals surface area contributed by atoms with E-state index >= 15 is 0 Å². The Morgan fingerprint density at radius 2 is 1.83 bits per heavy atom. The summed E-state index contributed by atoms with van der Waals surface area (Å²) in [5.41, 5.74) is 2.32. The number of benzene rings is 2. The number of aryl methyl sites for hydroxylation is 2. The van der Waals surface area contributed by atoms with Crippen molar-refractivity contribution in [3.63, 3.8) is 0 Å². The van der Waals surface area contributed by atoms with Crippen LogP contribution in [0.2, 0.25) is 0 Å². The van der Waals surface area contributed by atoms with Crippen molar-refractivity contribution in [3.8, 4) is 5.75 Å². The number of carbonyl (C=O) groups excluding carboxylic acids is 2. The average molecular weight is 491 g/mol. The van der Waals surface area contributed by atoms with Crippen LogP contribution >= 0.6 is 0 Å². The molecule has 2 N–H and O–H groups in total. The van der Waals surface area contributed by atoms with Gasteiger partial charge in [0.15, 0.2) is 0 Å². The van der Waals surface area contributed by atoms with Gasteiger partial charge in [0.2, 0.25) is 0 Å². The van der Waals surface area contributed by atoms with Crippen LogP contribution in [-0.4, -0.2) is 28.7 Å². The van der Waals surface area contributed by atoms with Crippen LogP contribution in [0.4, 0.5) is 4.79 Å². The Balaban J connectivity index is 1.65. The standard InChI is InChI=1S/C28H30N2O6/c1-6-17-14-24(31)35-25-16(2)23(12-11-20(17)25)34-26(32)22(30-27(33)36-28(3,4)5)13-18-15-29-21-10-8-7-9-19(18)21/h7-12,14-15,22,29H,6,13H2,1-5H3,(H,30,33). The molecule has 0 saturated heterocycles. The highest BCUT2D eigenvalue weighted by Crippen LogP contribution is 2.29. The van der Waals surface area contributed by atoms with Crippen LogP contribution in [0.3, 0.4) is 0 Å². The Kier molecular flexibility index (Phi) is 6.88. The van der Waals surface area contributed by atoms with E-state index in [4.69, 9.17) is 13.9 Å². The molecule has 8 heteroatoms. The molecule has 0 aliphatic rings. The molecule has 4 rings (SSSR count). The molecule has 1 atom stereocenters. The van der Waals surface area contributed by atoms with Crippen molar-refractivity contribution in [1.29, 1.82) is 0 Å². The van der Waals surface area contributed by atoms with Crippen molar-refractivity contribution < 1.29 is 23.5 Å². The molecule has 1 unspecified atom stereocenters. The number of aromatic nitrogens is 1. The minimum atomic E-state index is -1.02. The number of esters is 1. The second-order valence-electron chi connectivity index (χ2n) is 9.69. The molecule has 0 aliphatic heterocycles. The summed E-state index contributed by atoms with van der Waals surface area (Å²) >= 11 is 0. The fourth-order valence-corrected chi connectivity index (χ4v) is 4.15. The first-order chi connectivity index (χ1) is 17.1. The summed E-state index contributed by atoms with van der Waals surface area (Å²) in [4.78, 5) is 41.1. The zero-order chi connectivity index (χ0) is 26.0. The molecule has 2 aromatic carbocycles. The van der Waals surface area contributed by atoms with Crippen molar-refractivity contribution in [1.82, 2.24) is 10.3 Å². The quantitative estimate of drug-likeness (QED) is 0.219. The molecule has 1 amide bonds. The predicted octanol–water partition coefficient (Wildman–Crippen LogP) is 5.19. The van der Waals surface area contributed by atoms with Crippen LogP contribution in [0.1, 0.15) is 44.4 Å². The maximum atomic E-state index is 13.4. The zero-order valence-corrected chi connectivity index (χ0v) is 21.1. The van der Waals surface area contributed by atoms with Gasteiger partial charge in [0, 0.05) is 40.5 Å². The molecule has 0 bridgehead atoms. The van der Waals surface area contributed by atoms with E-state index in [1.807, 2.05) is 37.4 Å². The van der Waals surface area contributed by atoms with Gasteiger partial charge < -0.3 is 24.2 Å². The van der Waals surface area contributed by atoms with E-state index in [9.17, 15) is 14.4 Å². The molecular formula is C28H30N2O6. The smallest absolute Gasteiger partial charge is 0.408 e. The van der Waals surface area contributed by atoms with Crippen LogP contribution in [0.5, 0.6) is 5.75 Å². The van der Waals surface area contributed by atoms with Crippen LogP contribution in [0.25, 0.3) is 21.9 Å². The number of ether oxygens (including phenoxy) is 2. The van der Waals surface area contributed by atoms with Gasteiger partial charge in [-0.15, -0.1) is 0 Å². The molecule has 8 nitrogen and oxygen atoms in total. The molecule has 188 valence electrons. The minimum Gasteiger partial charge on any atom is -0.444 e. The van der Waals surface area contributed by atoms with Gasteiger partial charge in [-0.1, -0.05) is 25.1 Å². The number of hydrogen-bond acceptors (Lipinski definition) is 6. The van der Waals surface area contributed by atoms with Crippen LogP contribution in [-0.2, 0) is 22.4 Å². The molecule has 0 fully saturated rings. The number of aromatic amines is 1. The van der Waals surface area contributed by atoms with Gasteiger partial charge in [0.25, 0.3) is 0 Å². The van der Waals surface area contributed by atoms with Crippen molar-refractivity contribution in [2.24, 2.45) is 0 Å². The Morgan fingerprint density at radius 3 is 2.56 bits per heavy atom. The third kappa shape index (κ3) is 5.43. The first-order valence-electron chi connectivity index (χ1n) is 11.9. The maximum Gasteiger partial charge on any atom is 0.408 e. The number of para-hydroxylation sites is 1. The summed E-state index contributed by atoms with van der Waals surface area (Å²) in [5.74, 6) is -0.415. The van der Waals surface area contributed by atoms with Gasteiger partial charge in [0.1, 0.15) is 23.0 Å². The summed E-state index contributed by atoms with van der Waals surface area (Å²) in [6, 6.07) is 11.6. The SMILES string of the molecule is CCc1cc(=O)oc2c(C)c(OC(=O)C(Cc3c[nH]c4ccccc34)NC(=O)OC(C)(C)C)ccc12. The molecule has 2 heterocycles. The van der Waals surface area contributed by atoms with E-state index in [1.54, 1.807) is 39.8 Å². The lowest BCUT2D eigenvalue weighted by atomic mass is 10.0. The summed E-state index contributed by atoms with van der Waals surface area (Å²) in [7, 11) is 0. The van der Waals surface area contributed by atoms with Crippen molar-refractivity contribution in [2.75, 3.05) is 0 Å². The number of amides is 1. The fraction of sp³-hybridized carbons (Fsp3) is 0.321. The highest BCUT2D eigenvalue weighted by molar-refractivity contribution is 5.89. The molecule has 4 aromatic rings. The third-order valence-electron chi connectivity index (χ3n) is 5.86. The maximum absolute atomic E-state index is 13.4. The van der Waals surface area contributed by atoms with Gasteiger partial charge >= 0.3 is 17.7 Å². The van der Waals surface area contributed by atoms with Crippen LogP contribution < -0.4 is 15.7 Å². The van der Waals surface area contributed by atoms with Crippen LogP contribution in [0, 0.1) is 6.92 Å². The molecular weight excluding hydrogens is 460 g/mol. The van der Waals surface area contributed by atoms with E-state index in [0.29, 0.717) is 17.6 Å². The second-order valence-corrected chi connectivity index (χ2v) is 9.69. The van der Waals surface area contributed by atoms with E-state index in [0.717, 1.165) is 27.4 Å². The number of rotatable bonds is 6. The van der Waals surface area contributed by atoms with E-state index in [-0.39, 0.29) is 12.2 Å². The Hall–Kier alpha value is -4.07. The number of fused-ring (bicyclic) bond motifs is 2. The lowest BCUT2D eigenvalue weighted by molar-refractivity contribution is -0.136. The number of hydrogen-bond donors (Lipinski definition) is 2. The van der Waals surface area contributed by atoms with Crippen molar-refractivity contribution in [3.05, 3.63) is 75.8 Å². The summed E-state index contributed by atoms with van der Waals surface area (Å²) in [5, 5.41) is 4.39. The number of carbonyl (C=O) groups is 2. The Morgan fingerprint density at radius 1 is 1.08 bits per heavy atom. The average Bonchev–Trinajstić information content (AvgIpc) is 3.22. The zero-order valence-electron chi connectivity index (χ0n) is 21.1. The monoisotopic (exact) mass is 490 g/mol. The molecule has 0 radical (unpaired) electrons. The largest absolute Gasteiger partial charge is 0.444 e. The van der Waals surface area contributed by atoms with Gasteiger partial charge in [-0.2, -0.15) is 0 Å². The third-order valence-corrected chi connectivity index (χ3v) is 5.86. The van der Waals surface area contributed by atoms with E-state index in [1.165, 1.54) is 6.07 Å². The van der Waals surface area contributed by atoms with Crippen LogP contribution in [0.15, 0.2) is 57.9 Å². The Bertz CT molecular complexity index is 1490. The molecule has 0 aliphatic carbocycles. The number of H-pyrrole nitrogens is 1. The highest BCUT2D eigenvalue weighted by Gasteiger charge is 2.28. The molecule has 0 saturated carbocycles. The van der Waals surface area contributed by atoms with E-state index < -0.39 is 29.3 Å². The predicted molar refractivity (Wildman–Crippen MR) is 137 cm³/mol. The molecule has 2 aromatic heterocycles. The Labute approximate surface area is 208 Å². The summed E-state index contributed by atoms with van der Waals surface area (Å²) in [6.45, 7) is 8.92. The normalized spacial score (nSPS) is 12.5. The second kappa shape index (κ2) is 9.89. The summed E-state index contributed by atoms with van der Waals surface area (Å²) in [6.07, 6.45) is 1.93. The first kappa shape index (κ1) is 25.0.